The Balaban J connectivity index is 1.79. The fourth-order valence-corrected chi connectivity index (χ4v) is 3.53. The largest absolute Gasteiger partial charge is 0.478 e. The van der Waals surface area contributed by atoms with Crippen molar-refractivity contribution in [3.63, 3.8) is 0 Å². The van der Waals surface area contributed by atoms with Crippen molar-refractivity contribution in [2.75, 3.05) is 0 Å². The molecule has 0 spiro atoms. The van der Waals surface area contributed by atoms with Crippen molar-refractivity contribution >= 4 is 46.3 Å². The van der Waals surface area contributed by atoms with Crippen molar-refractivity contribution in [3.05, 3.63) is 76.2 Å². The van der Waals surface area contributed by atoms with E-state index in [0.29, 0.717) is 15.8 Å². The minimum Gasteiger partial charge on any atom is -0.478 e. The number of benzene rings is 2. The van der Waals surface area contributed by atoms with Gasteiger partial charge in [0.1, 0.15) is 4.32 Å². The smallest absolute Gasteiger partial charge is 0.335 e. The third-order valence-electron chi connectivity index (χ3n) is 3.51. The van der Waals surface area contributed by atoms with E-state index in [1.54, 1.807) is 23.1 Å². The van der Waals surface area contributed by atoms with E-state index in [-0.39, 0.29) is 11.5 Å². The van der Waals surface area contributed by atoms with Crippen LogP contribution in [-0.2, 0) is 11.3 Å². The third kappa shape index (κ3) is 3.55. The van der Waals surface area contributed by atoms with Gasteiger partial charge in [0.15, 0.2) is 0 Å². The quantitative estimate of drug-likeness (QED) is 0.668. The Morgan fingerprint density at radius 3 is 2.42 bits per heavy atom. The topological polar surface area (TPSA) is 57.6 Å². The van der Waals surface area contributed by atoms with E-state index in [4.69, 9.17) is 17.3 Å². The molecule has 0 saturated carbocycles. The first-order valence-corrected chi connectivity index (χ1v) is 8.40. The lowest BCUT2D eigenvalue weighted by molar-refractivity contribution is -0.122. The zero-order chi connectivity index (χ0) is 17.1. The monoisotopic (exact) mass is 355 g/mol. The average Bonchev–Trinajstić information content (AvgIpc) is 2.84. The summed E-state index contributed by atoms with van der Waals surface area (Å²) in [5.41, 5.74) is 1.99. The predicted molar refractivity (Wildman–Crippen MR) is 98.6 cm³/mol. The second kappa shape index (κ2) is 6.98. The van der Waals surface area contributed by atoms with Gasteiger partial charge in [-0.2, -0.15) is 0 Å². The summed E-state index contributed by atoms with van der Waals surface area (Å²) in [5, 5.41) is 8.91. The molecule has 24 heavy (non-hydrogen) atoms. The van der Waals surface area contributed by atoms with Crippen LogP contribution in [0.25, 0.3) is 6.08 Å². The van der Waals surface area contributed by atoms with Crippen LogP contribution >= 0.6 is 24.0 Å². The number of aromatic carboxylic acids is 1. The van der Waals surface area contributed by atoms with E-state index in [9.17, 15) is 9.59 Å². The molecule has 0 radical (unpaired) electrons. The maximum Gasteiger partial charge on any atom is 0.335 e. The number of rotatable bonds is 4. The molecule has 1 saturated heterocycles. The molecular weight excluding hydrogens is 342 g/mol. The number of hydrogen-bond donors (Lipinski definition) is 1. The molecule has 0 aromatic heterocycles. The third-order valence-corrected chi connectivity index (χ3v) is 4.89. The molecule has 1 N–H and O–H groups in total. The first-order valence-electron chi connectivity index (χ1n) is 7.17. The van der Waals surface area contributed by atoms with Crippen molar-refractivity contribution in [3.8, 4) is 0 Å². The highest BCUT2D eigenvalue weighted by Gasteiger charge is 2.31. The van der Waals surface area contributed by atoms with Crippen LogP contribution in [0.3, 0.4) is 0 Å². The maximum atomic E-state index is 12.6. The Morgan fingerprint density at radius 1 is 1.12 bits per heavy atom. The van der Waals surface area contributed by atoms with Gasteiger partial charge in [0, 0.05) is 0 Å². The molecule has 1 aliphatic rings. The van der Waals surface area contributed by atoms with Crippen LogP contribution in [0.15, 0.2) is 59.5 Å². The summed E-state index contributed by atoms with van der Waals surface area (Å²) in [6.45, 7) is 0.445. The molecule has 2 aromatic carbocycles. The van der Waals surface area contributed by atoms with Gasteiger partial charge in [-0.1, -0.05) is 66.4 Å². The SMILES string of the molecule is O=C(O)c1ccc(/C=C2\SC(=S)N(Cc3ccccc3)C2=O)cc1. The lowest BCUT2D eigenvalue weighted by atomic mass is 10.1. The second-order valence-electron chi connectivity index (χ2n) is 5.18. The van der Waals surface area contributed by atoms with Crippen molar-refractivity contribution < 1.29 is 14.7 Å². The van der Waals surface area contributed by atoms with Crippen molar-refractivity contribution in [2.45, 2.75) is 6.54 Å². The molecule has 0 unspecified atom stereocenters. The van der Waals surface area contributed by atoms with Crippen molar-refractivity contribution in [1.29, 1.82) is 0 Å². The number of carbonyl (C=O) groups excluding carboxylic acids is 1. The Kier molecular flexibility index (Phi) is 4.78. The van der Waals surface area contributed by atoms with Crippen LogP contribution in [0.1, 0.15) is 21.5 Å². The molecule has 0 bridgehead atoms. The molecule has 0 atom stereocenters. The fraction of sp³-hybridized carbons (Fsp3) is 0.0556. The van der Waals surface area contributed by atoms with Gasteiger partial charge in [-0.15, -0.1) is 0 Å². The number of carboxylic acids is 1. The highest BCUT2D eigenvalue weighted by molar-refractivity contribution is 8.26. The molecule has 0 aliphatic carbocycles. The van der Waals surface area contributed by atoms with Gasteiger partial charge >= 0.3 is 5.97 Å². The predicted octanol–water partition coefficient (Wildman–Crippen LogP) is 3.79. The molecule has 1 amide bonds. The van der Waals surface area contributed by atoms with E-state index >= 15 is 0 Å². The molecule has 4 nitrogen and oxygen atoms in total. The van der Waals surface area contributed by atoms with Crippen LogP contribution in [-0.4, -0.2) is 26.2 Å². The number of carboxylic acid groups (broad SMARTS) is 1. The minimum absolute atomic E-state index is 0.129. The zero-order valence-corrected chi connectivity index (χ0v) is 14.1. The summed E-state index contributed by atoms with van der Waals surface area (Å²) >= 11 is 6.57. The Labute approximate surface area is 148 Å². The molecule has 2 aromatic rings. The molecule has 3 rings (SSSR count). The number of hydrogen-bond acceptors (Lipinski definition) is 4. The average molecular weight is 355 g/mol. The van der Waals surface area contributed by atoms with Gasteiger partial charge in [0.2, 0.25) is 0 Å². The summed E-state index contributed by atoms with van der Waals surface area (Å²) in [5.74, 6) is -1.10. The van der Waals surface area contributed by atoms with Crippen LogP contribution < -0.4 is 0 Å². The van der Waals surface area contributed by atoms with Crippen molar-refractivity contribution in [2.24, 2.45) is 0 Å². The number of amides is 1. The van der Waals surface area contributed by atoms with E-state index in [1.165, 1.54) is 23.9 Å². The molecule has 6 heteroatoms. The first kappa shape index (κ1) is 16.4. The van der Waals surface area contributed by atoms with Crippen molar-refractivity contribution in [1.82, 2.24) is 4.90 Å². The van der Waals surface area contributed by atoms with E-state index in [0.717, 1.165) is 11.1 Å². The van der Waals surface area contributed by atoms with Gasteiger partial charge in [0.25, 0.3) is 5.91 Å². The van der Waals surface area contributed by atoms with Crippen LogP contribution in [0.5, 0.6) is 0 Å². The van der Waals surface area contributed by atoms with Crippen LogP contribution in [0.2, 0.25) is 0 Å². The minimum atomic E-state index is -0.976. The van der Waals surface area contributed by atoms with Gasteiger partial charge in [0.05, 0.1) is 17.0 Å². The number of nitrogens with zero attached hydrogens (tertiary/aromatic N) is 1. The van der Waals surface area contributed by atoms with Crippen LogP contribution in [0, 0.1) is 0 Å². The molecule has 1 aliphatic heterocycles. The number of thioether (sulfide) groups is 1. The molecular formula is C18H13NO3S2. The number of carbonyl (C=O) groups is 2. The molecule has 1 heterocycles. The maximum absolute atomic E-state index is 12.6. The lowest BCUT2D eigenvalue weighted by Crippen LogP contribution is -2.27. The Hall–Kier alpha value is -2.44. The van der Waals surface area contributed by atoms with Gasteiger partial charge < -0.3 is 5.11 Å². The summed E-state index contributed by atoms with van der Waals surface area (Å²) in [6, 6.07) is 16.0. The normalized spacial score (nSPS) is 16.0. The number of thiocarbonyl (C=S) groups is 1. The fourth-order valence-electron chi connectivity index (χ4n) is 2.28. The second-order valence-corrected chi connectivity index (χ2v) is 6.86. The molecule has 1 fully saturated rings. The summed E-state index contributed by atoms with van der Waals surface area (Å²) < 4.78 is 0.525. The lowest BCUT2D eigenvalue weighted by Gasteiger charge is -2.14. The van der Waals surface area contributed by atoms with Crippen LogP contribution in [0.4, 0.5) is 0 Å². The zero-order valence-electron chi connectivity index (χ0n) is 12.5. The van der Waals surface area contributed by atoms with E-state index in [2.05, 4.69) is 0 Å². The van der Waals surface area contributed by atoms with Gasteiger partial charge in [-0.3, -0.25) is 9.69 Å². The highest BCUT2D eigenvalue weighted by Crippen LogP contribution is 2.33. The van der Waals surface area contributed by atoms with Gasteiger partial charge in [-0.05, 0) is 29.3 Å². The highest BCUT2D eigenvalue weighted by atomic mass is 32.2. The summed E-state index contributed by atoms with van der Waals surface area (Å²) in [6.07, 6.45) is 1.73. The molecule has 120 valence electrons. The first-order chi connectivity index (χ1) is 11.5. The van der Waals surface area contributed by atoms with E-state index in [1.807, 2.05) is 30.3 Å². The Bertz CT molecular complexity index is 829. The Morgan fingerprint density at radius 2 is 1.79 bits per heavy atom. The van der Waals surface area contributed by atoms with Gasteiger partial charge in [-0.25, -0.2) is 4.79 Å². The van der Waals surface area contributed by atoms with E-state index < -0.39 is 5.97 Å². The summed E-state index contributed by atoms with van der Waals surface area (Å²) in [4.78, 5) is 25.5. The summed E-state index contributed by atoms with van der Waals surface area (Å²) in [7, 11) is 0. The standard InChI is InChI=1S/C18H13NO3S2/c20-16-15(10-12-6-8-14(9-7-12)17(21)22)24-18(23)19(16)11-13-4-2-1-3-5-13/h1-10H,11H2,(H,21,22)/b15-10-.